The first-order chi connectivity index (χ1) is 17.2. The lowest BCUT2D eigenvalue weighted by Gasteiger charge is -2.46. The molecule has 2 fully saturated rings. The van der Waals surface area contributed by atoms with Crippen molar-refractivity contribution in [3.8, 4) is 16.9 Å². The smallest absolute Gasteiger partial charge is 0.144 e. The first kappa shape index (κ1) is 25.1. The van der Waals surface area contributed by atoms with Gasteiger partial charge in [0, 0.05) is 55.0 Å². The zero-order chi connectivity index (χ0) is 25.2. The average Bonchev–Trinajstić information content (AvgIpc) is 3.43. The van der Waals surface area contributed by atoms with Gasteiger partial charge in [0.1, 0.15) is 23.3 Å². The number of nitrogens with zero attached hydrogens (tertiary/aromatic N) is 2. The minimum atomic E-state index is -1.04. The van der Waals surface area contributed by atoms with Crippen LogP contribution in [0.1, 0.15) is 51.3 Å². The molecule has 9 heteroatoms. The van der Waals surface area contributed by atoms with E-state index >= 15 is 0 Å². The van der Waals surface area contributed by atoms with Crippen molar-refractivity contribution >= 4 is 57.6 Å². The van der Waals surface area contributed by atoms with Crippen LogP contribution in [-0.4, -0.2) is 49.6 Å². The van der Waals surface area contributed by atoms with Gasteiger partial charge in [-0.3, -0.25) is 0 Å². The summed E-state index contributed by atoms with van der Waals surface area (Å²) in [6, 6.07) is 8.55. The van der Waals surface area contributed by atoms with Gasteiger partial charge in [0.15, 0.2) is 0 Å². The van der Waals surface area contributed by atoms with E-state index in [0.29, 0.717) is 11.6 Å². The molecule has 0 radical (unpaired) electrons. The van der Waals surface area contributed by atoms with Crippen LogP contribution in [0, 0.1) is 0 Å². The second-order valence-electron chi connectivity index (χ2n) is 11.1. The SMILES string of the molecule is CC(C)(C)S(=O)N1C[C@@H](N2CCOc3cc(Cl)cc(-c4ccpc5cc(CO)sc45)c32)CC12CCC2. The number of fused-ring (bicyclic) bond motifs is 2. The molecule has 1 unspecified atom stereocenters. The molecule has 1 aromatic carbocycles. The second kappa shape index (κ2) is 9.21. The second-order valence-corrected chi connectivity index (χ2v) is 15.9. The summed E-state index contributed by atoms with van der Waals surface area (Å²) >= 11 is 8.29. The van der Waals surface area contributed by atoms with Gasteiger partial charge >= 0.3 is 0 Å². The fraction of sp³-hybridized carbons (Fsp3) is 0.519. The van der Waals surface area contributed by atoms with Crippen molar-refractivity contribution in [3.05, 3.63) is 40.0 Å². The Morgan fingerprint density at radius 2 is 2.08 bits per heavy atom. The predicted octanol–water partition coefficient (Wildman–Crippen LogP) is 6.95. The lowest BCUT2D eigenvalue weighted by atomic mass is 9.75. The molecule has 2 atom stereocenters. The quantitative estimate of drug-likeness (QED) is 0.374. The van der Waals surface area contributed by atoms with Crippen LogP contribution in [0.5, 0.6) is 5.75 Å². The van der Waals surface area contributed by atoms with E-state index in [-0.39, 0.29) is 22.9 Å². The Morgan fingerprint density at radius 3 is 2.78 bits per heavy atom. The van der Waals surface area contributed by atoms with E-state index in [4.69, 9.17) is 16.3 Å². The van der Waals surface area contributed by atoms with Gasteiger partial charge in [-0.25, -0.2) is 8.51 Å². The zero-order valence-corrected chi connectivity index (χ0v) is 24.2. The number of benzene rings is 1. The van der Waals surface area contributed by atoms with Gasteiger partial charge in [-0.2, -0.15) is 0 Å². The van der Waals surface area contributed by atoms with Crippen molar-refractivity contribution in [1.29, 1.82) is 0 Å². The van der Waals surface area contributed by atoms with E-state index in [9.17, 15) is 9.32 Å². The van der Waals surface area contributed by atoms with Crippen molar-refractivity contribution in [1.82, 2.24) is 4.31 Å². The molecule has 36 heavy (non-hydrogen) atoms. The van der Waals surface area contributed by atoms with Gasteiger partial charge in [0.05, 0.1) is 23.6 Å². The number of thiophene rings is 1. The molecule has 2 aliphatic heterocycles. The van der Waals surface area contributed by atoms with E-state index in [1.807, 2.05) is 6.07 Å². The van der Waals surface area contributed by atoms with Crippen molar-refractivity contribution in [2.45, 2.75) is 69.4 Å². The summed E-state index contributed by atoms with van der Waals surface area (Å²) in [5.74, 6) is 2.99. The predicted molar refractivity (Wildman–Crippen MR) is 153 cm³/mol. The zero-order valence-electron chi connectivity index (χ0n) is 20.9. The molecule has 0 bridgehead atoms. The van der Waals surface area contributed by atoms with Gasteiger partial charge in [-0.05, 0) is 70.5 Å². The summed E-state index contributed by atoms with van der Waals surface area (Å²) in [5, 5.41) is 11.7. The van der Waals surface area contributed by atoms with Gasteiger partial charge in [-0.15, -0.1) is 11.3 Å². The molecule has 2 aromatic heterocycles. The standard InChI is InChI=1S/C27H32ClN2O3PS2/c1-26(2,3)36(32)30-15-18(14-27(30)6-4-7-27)29-8-9-33-22-12-17(28)11-21(24(22)29)20-5-10-34-23-13-19(16-31)35-25(20)23/h5,10-13,18,31H,4,6-9,14-16H2,1-3H3/t18-,36?/m0/s1. The summed E-state index contributed by atoms with van der Waals surface area (Å²) in [4.78, 5) is 3.48. The number of aliphatic hydroxyl groups is 1. The van der Waals surface area contributed by atoms with Crippen molar-refractivity contribution in [2.75, 3.05) is 24.6 Å². The molecule has 6 rings (SSSR count). The Bertz CT molecular complexity index is 1350. The normalized spacial score (nSPS) is 22.7. The van der Waals surface area contributed by atoms with E-state index in [0.717, 1.165) is 68.0 Å². The molecule has 1 saturated carbocycles. The molecule has 1 aliphatic carbocycles. The maximum absolute atomic E-state index is 13.6. The summed E-state index contributed by atoms with van der Waals surface area (Å²) < 4.78 is 23.0. The fourth-order valence-corrected chi connectivity index (χ4v) is 9.98. The van der Waals surface area contributed by atoms with Crippen LogP contribution in [0.2, 0.25) is 5.02 Å². The van der Waals surface area contributed by atoms with Gasteiger partial charge < -0.3 is 14.7 Å². The first-order valence-electron chi connectivity index (χ1n) is 12.6. The summed E-state index contributed by atoms with van der Waals surface area (Å²) in [7, 11) is 0.104. The van der Waals surface area contributed by atoms with Crippen LogP contribution < -0.4 is 9.64 Å². The number of anilines is 1. The third-order valence-corrected chi connectivity index (χ3v) is 12.2. The highest BCUT2D eigenvalue weighted by Crippen LogP contribution is 2.52. The van der Waals surface area contributed by atoms with Crippen LogP contribution in [0.4, 0.5) is 5.69 Å². The molecule has 1 N–H and O–H groups in total. The number of hydrogen-bond donors (Lipinski definition) is 1. The number of hydrogen-bond acceptors (Lipinski definition) is 5. The van der Waals surface area contributed by atoms with E-state index in [1.165, 1.54) is 16.2 Å². The van der Waals surface area contributed by atoms with Gasteiger partial charge in [0.2, 0.25) is 0 Å². The van der Waals surface area contributed by atoms with E-state index < -0.39 is 11.0 Å². The highest BCUT2D eigenvalue weighted by Gasteiger charge is 2.54. The molecule has 0 amide bonds. The molecular weight excluding hydrogens is 531 g/mol. The van der Waals surface area contributed by atoms with Crippen LogP contribution in [-0.2, 0) is 17.6 Å². The number of rotatable bonds is 4. The first-order valence-corrected chi connectivity index (χ1v) is 15.9. The molecule has 5 nitrogen and oxygen atoms in total. The number of ether oxygens (including phenoxy) is 1. The van der Waals surface area contributed by atoms with Crippen LogP contribution in [0.3, 0.4) is 0 Å². The third-order valence-electron chi connectivity index (χ3n) is 7.80. The Morgan fingerprint density at radius 1 is 1.28 bits per heavy atom. The lowest BCUT2D eigenvalue weighted by Crippen LogP contribution is -2.53. The van der Waals surface area contributed by atoms with Crippen LogP contribution >= 0.6 is 31.1 Å². The molecule has 4 heterocycles. The van der Waals surface area contributed by atoms with Crippen molar-refractivity contribution in [3.63, 3.8) is 0 Å². The molecular formula is C27H32ClN2O3PS2. The topological polar surface area (TPSA) is 53.0 Å². The summed E-state index contributed by atoms with van der Waals surface area (Å²) in [6.07, 6.45) is 4.48. The Kier molecular flexibility index (Phi) is 6.42. The fourth-order valence-electron chi connectivity index (χ4n) is 6.01. The molecule has 192 valence electrons. The Labute approximate surface area is 226 Å². The Balaban J connectivity index is 1.45. The molecule has 1 saturated heterocycles. The minimum absolute atomic E-state index is 0.0432. The lowest BCUT2D eigenvalue weighted by molar-refractivity contribution is 0.131. The Hall–Kier alpha value is -1.21. The van der Waals surface area contributed by atoms with Crippen molar-refractivity contribution in [2.24, 2.45) is 0 Å². The minimum Gasteiger partial charge on any atom is -0.489 e. The summed E-state index contributed by atoms with van der Waals surface area (Å²) in [6.45, 7) is 8.50. The van der Waals surface area contributed by atoms with Crippen LogP contribution in [0.15, 0.2) is 30.1 Å². The number of aliphatic hydroxyl groups excluding tert-OH is 1. The maximum Gasteiger partial charge on any atom is 0.144 e. The average molecular weight is 563 g/mol. The monoisotopic (exact) mass is 562 g/mol. The third kappa shape index (κ3) is 4.11. The highest BCUT2D eigenvalue weighted by atomic mass is 35.5. The van der Waals surface area contributed by atoms with Gasteiger partial charge in [-0.1, -0.05) is 19.8 Å². The van der Waals surface area contributed by atoms with E-state index in [2.05, 4.69) is 54.0 Å². The molecule has 3 aliphatic rings. The van der Waals surface area contributed by atoms with Crippen molar-refractivity contribution < 1.29 is 14.1 Å². The maximum atomic E-state index is 13.6. The van der Waals surface area contributed by atoms with Gasteiger partial charge in [0.25, 0.3) is 0 Å². The summed E-state index contributed by atoms with van der Waals surface area (Å²) in [5.41, 5.74) is 3.35. The highest BCUT2D eigenvalue weighted by molar-refractivity contribution is 7.84. The number of halogens is 1. The molecule has 3 aromatic rings. The van der Waals surface area contributed by atoms with E-state index in [1.54, 1.807) is 11.3 Å². The van der Waals surface area contributed by atoms with Crippen LogP contribution in [0.25, 0.3) is 20.9 Å². The largest absolute Gasteiger partial charge is 0.489 e. The molecule has 1 spiro atoms.